The van der Waals surface area contributed by atoms with Gasteiger partial charge in [-0.2, -0.15) is 18.4 Å². The Balaban J connectivity index is 1.69. The zero-order valence-electron chi connectivity index (χ0n) is 17.7. The van der Waals surface area contributed by atoms with Gasteiger partial charge in [-0.05, 0) is 36.2 Å². The second-order valence-electron chi connectivity index (χ2n) is 7.73. The van der Waals surface area contributed by atoms with E-state index < -0.39 is 23.9 Å². The van der Waals surface area contributed by atoms with Crippen molar-refractivity contribution in [2.75, 3.05) is 0 Å². The summed E-state index contributed by atoms with van der Waals surface area (Å²) in [6.45, 7) is 1.34. The third-order valence-electron chi connectivity index (χ3n) is 5.60. The Morgan fingerprint density at radius 3 is 2.58 bits per heavy atom. The van der Waals surface area contributed by atoms with E-state index in [0.29, 0.717) is 27.9 Å². The van der Waals surface area contributed by atoms with Gasteiger partial charge < -0.3 is 14.1 Å². The first kappa shape index (κ1) is 22.3. The molecule has 0 amide bonds. The van der Waals surface area contributed by atoms with Crippen LogP contribution in [0.5, 0.6) is 0 Å². The largest absolute Gasteiger partial charge is 0.423 e. The van der Waals surface area contributed by atoms with Crippen molar-refractivity contribution in [3.05, 3.63) is 76.1 Å². The average molecular weight is 456 g/mol. The van der Waals surface area contributed by atoms with E-state index in [1.54, 1.807) is 48.1 Å². The van der Waals surface area contributed by atoms with Gasteiger partial charge in [0.15, 0.2) is 0 Å². The van der Waals surface area contributed by atoms with Crippen molar-refractivity contribution in [3.63, 3.8) is 0 Å². The highest BCUT2D eigenvalue weighted by molar-refractivity contribution is 5.74. The molecule has 11 heteroatoms. The summed E-state index contributed by atoms with van der Waals surface area (Å²) in [5.41, 5.74) is -0.689. The van der Waals surface area contributed by atoms with Crippen molar-refractivity contribution in [2.45, 2.75) is 31.7 Å². The van der Waals surface area contributed by atoms with Crippen LogP contribution in [-0.4, -0.2) is 35.2 Å². The van der Waals surface area contributed by atoms with Gasteiger partial charge in [-0.3, -0.25) is 4.79 Å². The van der Waals surface area contributed by atoms with E-state index in [1.165, 1.54) is 22.2 Å². The van der Waals surface area contributed by atoms with E-state index in [4.69, 9.17) is 0 Å². The molecule has 0 radical (unpaired) electrons. The molecule has 4 rings (SSSR count). The summed E-state index contributed by atoms with van der Waals surface area (Å²) in [6, 6.07) is 10.4. The lowest BCUT2D eigenvalue weighted by Gasteiger charge is -2.26. The molecule has 1 unspecified atom stereocenters. The van der Waals surface area contributed by atoms with Crippen LogP contribution in [0.1, 0.15) is 30.2 Å². The van der Waals surface area contributed by atoms with Crippen LogP contribution in [0.2, 0.25) is 0 Å². The summed E-state index contributed by atoms with van der Waals surface area (Å²) in [6.07, 6.45) is -1.00. The van der Waals surface area contributed by atoms with Gasteiger partial charge in [-0.1, -0.05) is 12.1 Å². The van der Waals surface area contributed by atoms with Crippen LogP contribution >= 0.6 is 0 Å². The Morgan fingerprint density at radius 1 is 1.18 bits per heavy atom. The van der Waals surface area contributed by atoms with Crippen molar-refractivity contribution < 1.29 is 18.3 Å². The Morgan fingerprint density at radius 2 is 1.94 bits per heavy atom. The van der Waals surface area contributed by atoms with E-state index >= 15 is 0 Å². The number of hydrogen-bond donors (Lipinski definition) is 1. The highest BCUT2D eigenvalue weighted by Crippen LogP contribution is 2.40. The topological polar surface area (TPSA) is 101 Å². The van der Waals surface area contributed by atoms with E-state index in [-0.39, 0.29) is 12.1 Å². The zero-order valence-corrected chi connectivity index (χ0v) is 17.7. The molecule has 1 N–H and O–H groups in total. The zero-order chi connectivity index (χ0) is 24.0. The third-order valence-corrected chi connectivity index (χ3v) is 5.60. The second-order valence-corrected chi connectivity index (χ2v) is 7.73. The molecule has 1 atom stereocenters. The summed E-state index contributed by atoms with van der Waals surface area (Å²) in [4.78, 5) is 11.7. The molecule has 4 aromatic heterocycles. The molecule has 8 nitrogen and oxygen atoms in total. The average Bonchev–Trinajstić information content (AvgIpc) is 3.38. The fraction of sp³-hybridized carbons (Fsp3) is 0.273. The maximum Gasteiger partial charge on any atom is 0.423 e. The number of rotatable bonds is 5. The maximum atomic E-state index is 13.3. The number of nitrogens with zero attached hydrogens (tertiary/aromatic N) is 6. The van der Waals surface area contributed by atoms with Gasteiger partial charge in [0.25, 0.3) is 0 Å². The van der Waals surface area contributed by atoms with Crippen LogP contribution in [0, 0.1) is 11.3 Å². The minimum atomic E-state index is -4.88. The minimum absolute atomic E-state index is 0.114. The lowest BCUT2D eigenvalue weighted by Crippen LogP contribution is -2.42. The molecule has 0 aliphatic rings. The quantitative estimate of drug-likeness (QED) is 0.498. The van der Waals surface area contributed by atoms with Crippen molar-refractivity contribution in [3.8, 4) is 17.3 Å². The number of halogens is 3. The molecule has 0 fully saturated rings. The molecular weight excluding hydrogens is 437 g/mol. The van der Waals surface area contributed by atoms with E-state index in [9.17, 15) is 28.3 Å². The van der Waals surface area contributed by atoms with E-state index in [0.717, 1.165) is 6.20 Å². The predicted molar refractivity (Wildman–Crippen MR) is 112 cm³/mol. The minimum Gasteiger partial charge on any atom is -0.375 e. The van der Waals surface area contributed by atoms with E-state index in [1.807, 2.05) is 0 Å². The number of alkyl halides is 3. The van der Waals surface area contributed by atoms with Gasteiger partial charge in [-0.25, -0.2) is 4.68 Å². The summed E-state index contributed by atoms with van der Waals surface area (Å²) in [7, 11) is 1.62. The number of fused-ring (bicyclic) bond motifs is 1. The first-order valence-corrected chi connectivity index (χ1v) is 9.98. The Labute approximate surface area is 185 Å². The van der Waals surface area contributed by atoms with E-state index in [2.05, 4.69) is 16.4 Å². The third kappa shape index (κ3) is 3.78. The fourth-order valence-corrected chi connectivity index (χ4v) is 3.72. The monoisotopic (exact) mass is 456 g/mol. The molecular formula is C22H19F3N6O2. The number of aliphatic hydroxyl groups is 1. The van der Waals surface area contributed by atoms with Crippen LogP contribution in [0.4, 0.5) is 13.2 Å². The van der Waals surface area contributed by atoms with Gasteiger partial charge in [0.1, 0.15) is 11.8 Å². The smallest absolute Gasteiger partial charge is 0.375 e. The van der Waals surface area contributed by atoms with Crippen LogP contribution < -0.4 is 5.56 Å². The van der Waals surface area contributed by atoms with Crippen molar-refractivity contribution in [1.29, 1.82) is 5.26 Å². The summed E-state index contributed by atoms with van der Waals surface area (Å²) >= 11 is 0. The summed E-state index contributed by atoms with van der Waals surface area (Å²) in [5.74, 6) is 0. The number of aryl methyl sites for hydroxylation is 1. The van der Waals surface area contributed by atoms with Crippen molar-refractivity contribution in [2.24, 2.45) is 7.05 Å². The number of nitriles is 1. The molecule has 0 aromatic carbocycles. The first-order valence-electron chi connectivity index (χ1n) is 9.98. The molecule has 0 bridgehead atoms. The lowest BCUT2D eigenvalue weighted by molar-refractivity contribution is -0.269. The summed E-state index contributed by atoms with van der Waals surface area (Å²) in [5, 5.41) is 26.9. The van der Waals surface area contributed by atoms with Gasteiger partial charge in [-0.15, -0.1) is 5.10 Å². The second kappa shape index (κ2) is 7.90. The SMILES string of the molecule is CCC(O)(c1cn(Cc2ccn3c(-c4ccc(=O)n(C)c4)c(C#N)cc3c2)nn1)C(F)(F)F. The molecule has 0 aliphatic heterocycles. The molecule has 0 aliphatic carbocycles. The van der Waals surface area contributed by atoms with Gasteiger partial charge in [0.05, 0.1) is 24.0 Å². The Bertz CT molecular complexity index is 1440. The van der Waals surface area contributed by atoms with Crippen molar-refractivity contribution in [1.82, 2.24) is 24.0 Å². The van der Waals surface area contributed by atoms with Crippen LogP contribution in [0.3, 0.4) is 0 Å². The van der Waals surface area contributed by atoms with Crippen LogP contribution in [-0.2, 0) is 19.2 Å². The van der Waals surface area contributed by atoms with Gasteiger partial charge in [0.2, 0.25) is 11.2 Å². The highest BCUT2D eigenvalue weighted by atomic mass is 19.4. The van der Waals surface area contributed by atoms with Gasteiger partial charge >= 0.3 is 6.18 Å². The number of aromatic nitrogens is 5. The standard InChI is InChI=1S/C22H19F3N6O2/c1-3-21(33,22(23,24)25)18-13-30(28-27-18)11-14-6-7-31-17(8-14)9-16(10-26)20(31)15-4-5-19(32)29(2)12-15/h4-9,12-13,33H,3,11H2,1-2H3. The molecule has 170 valence electrons. The molecule has 4 aromatic rings. The van der Waals surface area contributed by atoms with Crippen LogP contribution in [0.15, 0.2) is 53.7 Å². The first-order chi connectivity index (χ1) is 15.6. The molecule has 0 saturated heterocycles. The molecule has 33 heavy (non-hydrogen) atoms. The van der Waals surface area contributed by atoms with Crippen LogP contribution in [0.25, 0.3) is 16.8 Å². The molecule has 4 heterocycles. The predicted octanol–water partition coefficient (Wildman–Crippen LogP) is 2.98. The highest BCUT2D eigenvalue weighted by Gasteiger charge is 2.55. The molecule has 0 saturated carbocycles. The maximum absolute atomic E-state index is 13.3. The number of hydrogen-bond acceptors (Lipinski definition) is 5. The molecule has 0 spiro atoms. The Hall–Kier alpha value is -3.91. The fourth-order valence-electron chi connectivity index (χ4n) is 3.72. The normalized spacial score (nSPS) is 13.7. The summed E-state index contributed by atoms with van der Waals surface area (Å²) < 4.78 is 44.3. The van der Waals surface area contributed by atoms with Gasteiger partial charge in [0, 0.05) is 36.6 Å². The van der Waals surface area contributed by atoms with Crippen molar-refractivity contribution >= 4 is 5.52 Å². The Kier molecular flexibility index (Phi) is 5.33. The number of pyridine rings is 2. The lowest BCUT2D eigenvalue weighted by atomic mass is 9.96.